The summed E-state index contributed by atoms with van der Waals surface area (Å²) in [6.07, 6.45) is 8.30. The molecule has 1 aromatic carbocycles. The molecule has 1 heterocycles. The lowest BCUT2D eigenvalue weighted by Crippen LogP contribution is -2.24. The molecule has 0 aliphatic heterocycles. The number of nitro benzene ring substituents is 1. The van der Waals surface area contributed by atoms with E-state index in [0.29, 0.717) is 42.0 Å². The van der Waals surface area contributed by atoms with E-state index in [1.54, 1.807) is 10.6 Å². The van der Waals surface area contributed by atoms with Crippen LogP contribution in [0.3, 0.4) is 0 Å². The van der Waals surface area contributed by atoms with Gasteiger partial charge in [0.25, 0.3) is 11.2 Å². The molecule has 0 aliphatic rings. The van der Waals surface area contributed by atoms with Crippen LogP contribution in [0.5, 0.6) is 11.5 Å². The van der Waals surface area contributed by atoms with Gasteiger partial charge in [-0.2, -0.15) is 0 Å². The lowest BCUT2D eigenvalue weighted by molar-refractivity contribution is -0.384. The van der Waals surface area contributed by atoms with Gasteiger partial charge in [-0.3, -0.25) is 14.9 Å². The Morgan fingerprint density at radius 2 is 1.84 bits per heavy atom. The Hall–Kier alpha value is -2.83. The first-order chi connectivity index (χ1) is 15.0. The molecular formula is C24H34N2O5. The number of rotatable bonds is 13. The van der Waals surface area contributed by atoms with Gasteiger partial charge in [-0.1, -0.05) is 46.5 Å². The van der Waals surface area contributed by atoms with E-state index >= 15 is 0 Å². The maximum Gasteiger partial charge on any atom is 0.297 e. The molecule has 0 atom stereocenters. The highest BCUT2D eigenvalue weighted by molar-refractivity contribution is 5.89. The van der Waals surface area contributed by atoms with E-state index in [0.717, 1.165) is 38.5 Å². The molecule has 2 aromatic rings. The summed E-state index contributed by atoms with van der Waals surface area (Å²) in [7, 11) is 0. The van der Waals surface area contributed by atoms with E-state index in [4.69, 9.17) is 9.47 Å². The first-order valence-corrected chi connectivity index (χ1v) is 11.3. The summed E-state index contributed by atoms with van der Waals surface area (Å²) >= 11 is 0. The van der Waals surface area contributed by atoms with Crippen LogP contribution in [-0.4, -0.2) is 16.1 Å². The predicted octanol–water partition coefficient (Wildman–Crippen LogP) is 6.36. The third-order valence-corrected chi connectivity index (χ3v) is 5.26. The number of ether oxygens (including phenoxy) is 2. The molecule has 31 heavy (non-hydrogen) atoms. The second-order valence-electron chi connectivity index (χ2n) is 7.55. The van der Waals surface area contributed by atoms with Gasteiger partial charge in [-0.25, -0.2) is 0 Å². The van der Waals surface area contributed by atoms with Gasteiger partial charge in [-0.15, -0.1) is 0 Å². The first kappa shape index (κ1) is 24.4. The number of benzene rings is 1. The van der Waals surface area contributed by atoms with E-state index < -0.39 is 4.92 Å². The number of nitro groups is 1. The zero-order valence-electron chi connectivity index (χ0n) is 19.1. The third-order valence-electron chi connectivity index (χ3n) is 5.26. The second-order valence-corrected chi connectivity index (χ2v) is 7.55. The minimum Gasteiger partial charge on any atom is -0.485 e. The molecule has 0 unspecified atom stereocenters. The minimum atomic E-state index is -0.448. The van der Waals surface area contributed by atoms with Crippen molar-refractivity contribution in [3.8, 4) is 11.5 Å². The lowest BCUT2D eigenvalue weighted by Gasteiger charge is -2.19. The van der Waals surface area contributed by atoms with Crippen molar-refractivity contribution >= 4 is 16.6 Å². The summed E-state index contributed by atoms with van der Waals surface area (Å²) in [5.41, 5.74) is 0.129. The van der Waals surface area contributed by atoms with Gasteiger partial charge >= 0.3 is 0 Å². The molecule has 0 N–H and O–H groups in total. The Labute approximate surface area is 183 Å². The Morgan fingerprint density at radius 1 is 1.10 bits per heavy atom. The van der Waals surface area contributed by atoms with Crippen molar-refractivity contribution < 1.29 is 14.4 Å². The highest BCUT2D eigenvalue weighted by Gasteiger charge is 2.22. The first-order valence-electron chi connectivity index (χ1n) is 11.3. The molecule has 7 nitrogen and oxygen atoms in total. The van der Waals surface area contributed by atoms with Crippen molar-refractivity contribution in [1.29, 1.82) is 0 Å². The van der Waals surface area contributed by atoms with E-state index in [1.807, 2.05) is 26.8 Å². The van der Waals surface area contributed by atoms with Crippen molar-refractivity contribution in [2.24, 2.45) is 0 Å². The van der Waals surface area contributed by atoms with Crippen LogP contribution in [0.1, 0.15) is 72.6 Å². The summed E-state index contributed by atoms with van der Waals surface area (Å²) in [4.78, 5) is 24.3. The molecule has 0 radical (unpaired) electrons. The topological polar surface area (TPSA) is 83.6 Å². The SMILES string of the molecule is CC=C(CC)Oc1c(OCCCCCC)c(=O)n(CCCC)c2cc([N+](=O)[O-])ccc12. The van der Waals surface area contributed by atoms with Crippen LogP contribution in [-0.2, 0) is 6.54 Å². The fraction of sp³-hybridized carbons (Fsp3) is 0.542. The average Bonchev–Trinajstić information content (AvgIpc) is 2.77. The summed E-state index contributed by atoms with van der Waals surface area (Å²) in [6.45, 7) is 8.91. The lowest BCUT2D eigenvalue weighted by atomic mass is 10.1. The quantitative estimate of drug-likeness (QED) is 0.160. The van der Waals surface area contributed by atoms with Crippen LogP contribution in [0, 0.1) is 10.1 Å². The van der Waals surface area contributed by atoms with E-state index in [9.17, 15) is 14.9 Å². The monoisotopic (exact) mass is 430 g/mol. The van der Waals surface area contributed by atoms with E-state index in [-0.39, 0.29) is 17.0 Å². The van der Waals surface area contributed by atoms with Gasteiger partial charge in [0.05, 0.1) is 22.8 Å². The number of nitrogens with zero attached hydrogens (tertiary/aromatic N) is 2. The van der Waals surface area contributed by atoms with Crippen LogP contribution in [0.4, 0.5) is 5.69 Å². The van der Waals surface area contributed by atoms with Gasteiger partial charge in [-0.05, 0) is 31.9 Å². The predicted molar refractivity (Wildman–Crippen MR) is 124 cm³/mol. The van der Waals surface area contributed by atoms with Crippen LogP contribution >= 0.6 is 0 Å². The molecule has 0 aliphatic carbocycles. The second kappa shape index (κ2) is 12.1. The maximum absolute atomic E-state index is 13.4. The molecule has 0 spiro atoms. The number of pyridine rings is 1. The number of unbranched alkanes of at least 4 members (excludes halogenated alkanes) is 4. The molecular weight excluding hydrogens is 396 g/mol. The summed E-state index contributed by atoms with van der Waals surface area (Å²) in [5, 5.41) is 12.0. The van der Waals surface area contributed by atoms with Crippen LogP contribution in [0.15, 0.2) is 34.8 Å². The van der Waals surface area contributed by atoms with Crippen molar-refractivity contribution in [2.75, 3.05) is 6.61 Å². The number of fused-ring (bicyclic) bond motifs is 1. The molecule has 2 rings (SSSR count). The largest absolute Gasteiger partial charge is 0.485 e. The van der Waals surface area contributed by atoms with Gasteiger partial charge in [0, 0.05) is 30.5 Å². The Morgan fingerprint density at radius 3 is 2.45 bits per heavy atom. The van der Waals surface area contributed by atoms with Crippen LogP contribution in [0.2, 0.25) is 0 Å². The highest BCUT2D eigenvalue weighted by Crippen LogP contribution is 2.36. The third kappa shape index (κ3) is 6.09. The van der Waals surface area contributed by atoms with Crippen molar-refractivity contribution in [3.63, 3.8) is 0 Å². The number of hydrogen-bond donors (Lipinski definition) is 0. The van der Waals surface area contributed by atoms with Gasteiger partial charge < -0.3 is 14.0 Å². The van der Waals surface area contributed by atoms with Crippen LogP contribution in [0.25, 0.3) is 10.9 Å². The van der Waals surface area contributed by atoms with Gasteiger partial charge in [0.15, 0.2) is 5.75 Å². The zero-order chi connectivity index (χ0) is 22.8. The summed E-state index contributed by atoms with van der Waals surface area (Å²) in [6, 6.07) is 4.54. The van der Waals surface area contributed by atoms with Gasteiger partial charge in [0.2, 0.25) is 5.75 Å². The zero-order valence-corrected chi connectivity index (χ0v) is 19.1. The molecule has 0 fully saturated rings. The van der Waals surface area contributed by atoms with Crippen molar-refractivity contribution in [2.45, 2.75) is 79.2 Å². The number of non-ortho nitro benzene ring substituents is 1. The molecule has 0 saturated heterocycles. The number of hydrogen-bond acceptors (Lipinski definition) is 5. The minimum absolute atomic E-state index is 0.0573. The van der Waals surface area contributed by atoms with Crippen molar-refractivity contribution in [1.82, 2.24) is 4.57 Å². The van der Waals surface area contributed by atoms with Crippen molar-refractivity contribution in [3.05, 3.63) is 50.5 Å². The smallest absolute Gasteiger partial charge is 0.297 e. The average molecular weight is 431 g/mol. The molecule has 1 aromatic heterocycles. The Kier molecular flexibility index (Phi) is 9.56. The molecule has 0 amide bonds. The molecule has 0 bridgehead atoms. The number of allylic oxidation sites excluding steroid dienone is 2. The number of aromatic nitrogens is 1. The summed E-state index contributed by atoms with van der Waals surface area (Å²) < 4.78 is 13.7. The maximum atomic E-state index is 13.4. The number of aryl methyl sites for hydroxylation is 1. The Bertz CT molecular complexity index is 978. The molecule has 7 heteroatoms. The molecule has 0 saturated carbocycles. The standard InChI is InChI=1S/C24H34N2O5/c1-5-9-11-12-16-30-23-22(31-19(7-3)8-4)20-14-13-18(26(28)29)17-21(20)25(24(23)27)15-10-6-2/h7,13-14,17H,5-6,8-12,15-16H2,1-4H3. The van der Waals surface area contributed by atoms with E-state index in [1.165, 1.54) is 12.1 Å². The fourth-order valence-electron chi connectivity index (χ4n) is 3.44. The summed E-state index contributed by atoms with van der Waals surface area (Å²) in [5.74, 6) is 1.23. The van der Waals surface area contributed by atoms with Gasteiger partial charge in [0.1, 0.15) is 0 Å². The normalized spacial score (nSPS) is 11.7. The Balaban J connectivity index is 2.67. The fourth-order valence-corrected chi connectivity index (χ4v) is 3.44. The van der Waals surface area contributed by atoms with E-state index in [2.05, 4.69) is 6.92 Å². The molecule has 170 valence electrons. The highest BCUT2D eigenvalue weighted by atomic mass is 16.6. The van der Waals surface area contributed by atoms with Crippen LogP contribution < -0.4 is 15.0 Å².